The Morgan fingerprint density at radius 1 is 1.00 bits per heavy atom. The van der Waals surface area contributed by atoms with Gasteiger partial charge in [-0.05, 0) is 44.3 Å². The summed E-state index contributed by atoms with van der Waals surface area (Å²) in [7, 11) is -2.17. The summed E-state index contributed by atoms with van der Waals surface area (Å²) in [5.74, 6) is -2.84. The molecule has 5 rings (SSSR count). The second-order valence-electron chi connectivity index (χ2n) is 15.1. The van der Waals surface area contributed by atoms with Crippen LogP contribution in [0.2, 0.25) is 19.6 Å². The largest absolute Gasteiger partial charge is 0.462 e. The van der Waals surface area contributed by atoms with Crippen molar-refractivity contribution in [2.45, 2.75) is 122 Å². The molecule has 10 nitrogen and oxygen atoms in total. The van der Waals surface area contributed by atoms with Crippen LogP contribution in [0, 0.1) is 16.7 Å². The predicted molar refractivity (Wildman–Crippen MR) is 167 cm³/mol. The minimum atomic E-state index is -2.17. The van der Waals surface area contributed by atoms with Gasteiger partial charge in [0, 0.05) is 43.9 Å². The Bertz CT molecular complexity index is 1380. The second-order valence-corrected chi connectivity index (χ2v) is 19.5. The monoisotopic (exact) mass is 644 g/mol. The van der Waals surface area contributed by atoms with E-state index in [-0.39, 0.29) is 31.4 Å². The molecule has 1 aliphatic heterocycles. The first kappa shape index (κ1) is 33.8. The van der Waals surface area contributed by atoms with Gasteiger partial charge < -0.3 is 33.6 Å². The maximum atomic E-state index is 14.0. The van der Waals surface area contributed by atoms with Gasteiger partial charge in [0.05, 0.1) is 30.3 Å². The van der Waals surface area contributed by atoms with Crippen LogP contribution in [0.15, 0.2) is 41.5 Å². The van der Waals surface area contributed by atoms with Gasteiger partial charge in [0.2, 0.25) is 0 Å². The Hall–Kier alpha value is -2.57. The van der Waals surface area contributed by atoms with Crippen molar-refractivity contribution in [3.63, 3.8) is 0 Å². The van der Waals surface area contributed by atoms with Crippen molar-refractivity contribution >= 4 is 26.2 Å². The molecule has 2 saturated carbocycles. The Morgan fingerprint density at radius 3 is 2.18 bits per heavy atom. The number of rotatable bonds is 6. The molecule has 11 heteroatoms. The first-order chi connectivity index (χ1) is 20.8. The average molecular weight is 645 g/mol. The lowest BCUT2D eigenvalue weighted by Gasteiger charge is -2.68. The van der Waals surface area contributed by atoms with Crippen LogP contribution in [-0.4, -0.2) is 84.8 Å². The smallest absolute Gasteiger partial charge is 0.338 e. The third-order valence-electron chi connectivity index (χ3n) is 10.9. The predicted octanol–water partition coefficient (Wildman–Crippen LogP) is 4.33. The lowest BCUT2D eigenvalue weighted by molar-refractivity contribution is -0.361. The quantitative estimate of drug-likeness (QED) is 0.199. The second kappa shape index (κ2) is 11.3. The number of esters is 3. The molecule has 0 radical (unpaired) electrons. The molecule has 9 atom stereocenters. The van der Waals surface area contributed by atoms with E-state index in [0.717, 1.165) is 11.1 Å². The van der Waals surface area contributed by atoms with Crippen molar-refractivity contribution < 1.29 is 48.0 Å². The lowest BCUT2D eigenvalue weighted by Crippen LogP contribution is -2.81. The minimum Gasteiger partial charge on any atom is -0.462 e. The van der Waals surface area contributed by atoms with Gasteiger partial charge in [0.1, 0.15) is 23.9 Å². The third kappa shape index (κ3) is 5.38. The summed E-state index contributed by atoms with van der Waals surface area (Å²) in [6, 6.07) is 8.48. The molecule has 1 saturated heterocycles. The molecule has 45 heavy (non-hydrogen) atoms. The van der Waals surface area contributed by atoms with Crippen LogP contribution >= 0.6 is 0 Å². The van der Waals surface area contributed by atoms with E-state index in [1.807, 2.05) is 20.8 Å². The zero-order valence-electron chi connectivity index (χ0n) is 27.8. The summed E-state index contributed by atoms with van der Waals surface area (Å²) in [5, 5.41) is 25.3. The molecule has 1 aromatic rings. The van der Waals surface area contributed by atoms with Crippen LogP contribution in [0.5, 0.6) is 0 Å². The van der Waals surface area contributed by atoms with Crippen LogP contribution in [0.3, 0.4) is 0 Å². The molecule has 0 aromatic heterocycles. The molecule has 248 valence electrons. The molecule has 1 aromatic carbocycles. The third-order valence-corrected chi connectivity index (χ3v) is 11.9. The Morgan fingerprint density at radius 2 is 1.64 bits per heavy atom. The summed E-state index contributed by atoms with van der Waals surface area (Å²) in [4.78, 5) is 39.5. The fraction of sp³-hybridized carbons (Fsp3) is 0.676. The normalized spacial score (nSPS) is 38.8. The summed E-state index contributed by atoms with van der Waals surface area (Å²) in [6.45, 7) is 16.3. The van der Waals surface area contributed by atoms with Crippen LogP contribution in [0.4, 0.5) is 0 Å². The highest BCUT2D eigenvalue weighted by Gasteiger charge is 2.77. The van der Waals surface area contributed by atoms with E-state index in [9.17, 15) is 24.6 Å². The average Bonchev–Trinajstić information content (AvgIpc) is 2.92. The first-order valence-electron chi connectivity index (χ1n) is 15.8. The number of carbonyl (C=O) groups is 3. The van der Waals surface area contributed by atoms with Gasteiger partial charge in [0.15, 0.2) is 13.9 Å². The summed E-state index contributed by atoms with van der Waals surface area (Å²) >= 11 is 0. The molecular weight excluding hydrogens is 596 g/mol. The molecule has 0 amide bonds. The summed E-state index contributed by atoms with van der Waals surface area (Å²) in [6.07, 6.45) is -4.27. The number of aliphatic hydroxyl groups is 2. The zero-order valence-corrected chi connectivity index (χ0v) is 28.8. The van der Waals surface area contributed by atoms with Crippen LogP contribution in [-0.2, 0) is 33.0 Å². The van der Waals surface area contributed by atoms with Crippen molar-refractivity contribution in [2.75, 3.05) is 6.61 Å². The maximum Gasteiger partial charge on any atom is 0.338 e. The highest BCUT2D eigenvalue weighted by atomic mass is 28.4. The molecule has 1 unspecified atom stereocenters. The Kier molecular flexibility index (Phi) is 8.48. The molecule has 0 spiro atoms. The molecule has 3 fully saturated rings. The van der Waals surface area contributed by atoms with Gasteiger partial charge in [-0.1, -0.05) is 44.5 Å². The van der Waals surface area contributed by atoms with Gasteiger partial charge in [-0.3, -0.25) is 9.59 Å². The van der Waals surface area contributed by atoms with Crippen molar-refractivity contribution in [3.05, 3.63) is 47.0 Å². The van der Waals surface area contributed by atoms with Crippen molar-refractivity contribution in [3.8, 4) is 0 Å². The van der Waals surface area contributed by atoms with Crippen molar-refractivity contribution in [1.29, 1.82) is 0 Å². The summed E-state index contributed by atoms with van der Waals surface area (Å²) in [5.41, 5.74) is -3.52. The molecule has 2 bridgehead atoms. The number of fused-ring (bicyclic) bond motifs is 5. The van der Waals surface area contributed by atoms with Crippen LogP contribution in [0.25, 0.3) is 0 Å². The summed E-state index contributed by atoms with van der Waals surface area (Å²) < 4.78 is 31.4. The number of hydrogen-bond acceptors (Lipinski definition) is 10. The molecule has 4 aliphatic rings. The molecule has 3 aliphatic carbocycles. The lowest BCUT2D eigenvalue weighted by atomic mass is 9.44. The first-order valence-corrected chi connectivity index (χ1v) is 19.2. The van der Waals surface area contributed by atoms with Gasteiger partial charge in [-0.25, -0.2) is 4.79 Å². The van der Waals surface area contributed by atoms with Gasteiger partial charge in [-0.2, -0.15) is 0 Å². The van der Waals surface area contributed by atoms with E-state index < -0.39 is 84.7 Å². The van der Waals surface area contributed by atoms with Gasteiger partial charge in [0.25, 0.3) is 0 Å². The Balaban J connectivity index is 1.83. The van der Waals surface area contributed by atoms with Crippen LogP contribution in [0.1, 0.15) is 71.2 Å². The van der Waals surface area contributed by atoms with Crippen molar-refractivity contribution in [1.82, 2.24) is 0 Å². The van der Waals surface area contributed by atoms with Gasteiger partial charge in [-0.15, -0.1) is 0 Å². The standard InChI is InChI=1S/C34H48O10Si/c1-19-23-15-26(41-20(2)35)32(6)25(37)16-27-33(18-40-27,43-21(3)36)28(32)29(42-30(38)22-13-11-10-12-14-22)34(39,31(23,4)5)17-24(19)44-45(7,8)9/h10-14,24-29,37,39H,15-18H2,1-9H3/t24-,25-,26+,27+,28?,29-,32-,33-,34+/m0/s1. The fourth-order valence-electron chi connectivity index (χ4n) is 8.59. The van der Waals surface area contributed by atoms with E-state index in [0.29, 0.717) is 0 Å². The number of benzene rings is 1. The van der Waals surface area contributed by atoms with E-state index in [4.69, 9.17) is 23.4 Å². The molecule has 2 N–H and O–H groups in total. The number of aliphatic hydroxyl groups excluding tert-OH is 1. The molecular formula is C34H48O10Si. The van der Waals surface area contributed by atoms with Gasteiger partial charge >= 0.3 is 17.9 Å². The SMILES string of the molecule is CC(=O)O[C@@H]1CC2=C(C)[C@@H](O[Si](C)(C)C)C[C@@](O)([C@@H](OC(=O)c3ccccc3)C3[C@@]1(C)[C@@H](O)C[C@H]1OC[C@@]31OC(C)=O)C2(C)C. The highest BCUT2D eigenvalue weighted by molar-refractivity contribution is 6.69. The highest BCUT2D eigenvalue weighted by Crippen LogP contribution is 2.65. The molecule has 1 heterocycles. The fourth-order valence-corrected chi connectivity index (χ4v) is 9.71. The Labute approximate surface area is 266 Å². The maximum absolute atomic E-state index is 14.0. The number of ether oxygens (including phenoxy) is 4. The van der Waals surface area contributed by atoms with E-state index in [1.54, 1.807) is 37.3 Å². The minimum absolute atomic E-state index is 0.0382. The number of hydrogen-bond donors (Lipinski definition) is 2. The van der Waals surface area contributed by atoms with Crippen LogP contribution < -0.4 is 0 Å². The number of carbonyl (C=O) groups excluding carboxylic acids is 3. The zero-order chi connectivity index (χ0) is 33.3. The topological polar surface area (TPSA) is 138 Å². The van der Waals surface area contributed by atoms with E-state index in [1.165, 1.54) is 13.8 Å². The van der Waals surface area contributed by atoms with E-state index >= 15 is 0 Å². The van der Waals surface area contributed by atoms with E-state index in [2.05, 4.69) is 19.6 Å². The van der Waals surface area contributed by atoms with Crippen molar-refractivity contribution in [2.24, 2.45) is 16.7 Å².